The smallest absolute Gasteiger partial charge is 0.232 e. The van der Waals surface area contributed by atoms with Crippen LogP contribution in [0.4, 0.5) is 4.39 Å². The van der Waals surface area contributed by atoms with Crippen molar-refractivity contribution in [2.45, 2.75) is 25.8 Å². The Hall–Kier alpha value is -1.56. The van der Waals surface area contributed by atoms with E-state index >= 15 is 0 Å². The van der Waals surface area contributed by atoms with Gasteiger partial charge in [-0.3, -0.25) is 9.59 Å². The van der Waals surface area contributed by atoms with E-state index in [1.807, 2.05) is 11.2 Å². The molecule has 3 rings (SSSR count). The number of nitrogens with zero attached hydrogens (tertiary/aromatic N) is 2. The van der Waals surface area contributed by atoms with Crippen molar-refractivity contribution >= 4 is 23.6 Å². The first-order valence-electron chi connectivity index (χ1n) is 8.35. The van der Waals surface area contributed by atoms with Crippen LogP contribution in [-0.2, 0) is 16.1 Å². The zero-order valence-corrected chi connectivity index (χ0v) is 14.8. The van der Waals surface area contributed by atoms with E-state index in [9.17, 15) is 14.0 Å². The number of benzene rings is 1. The van der Waals surface area contributed by atoms with Gasteiger partial charge in [0.05, 0.1) is 11.2 Å². The fraction of sp³-hybridized carbons (Fsp3) is 0.556. The van der Waals surface area contributed by atoms with Gasteiger partial charge in [0.2, 0.25) is 11.8 Å². The van der Waals surface area contributed by atoms with Crippen LogP contribution in [0.5, 0.6) is 0 Å². The molecule has 0 unspecified atom stereocenters. The average molecular weight is 350 g/mol. The van der Waals surface area contributed by atoms with Gasteiger partial charge >= 0.3 is 0 Å². The molecule has 2 amide bonds. The monoisotopic (exact) mass is 350 g/mol. The van der Waals surface area contributed by atoms with Crippen molar-refractivity contribution in [1.82, 2.24) is 9.80 Å². The van der Waals surface area contributed by atoms with E-state index in [2.05, 4.69) is 0 Å². The number of rotatable bonds is 4. The maximum atomic E-state index is 13.9. The summed E-state index contributed by atoms with van der Waals surface area (Å²) in [5.74, 6) is 0.381. The summed E-state index contributed by atoms with van der Waals surface area (Å²) in [4.78, 5) is 28.8. The SMILES string of the molecule is CSCC(=O)N1CC[C@]2(CCCN(Cc3ccccc3F)C2=O)C1. The van der Waals surface area contributed by atoms with Crippen LogP contribution in [0.2, 0.25) is 0 Å². The molecule has 2 heterocycles. The minimum Gasteiger partial charge on any atom is -0.341 e. The zero-order valence-electron chi connectivity index (χ0n) is 14.0. The summed E-state index contributed by atoms with van der Waals surface area (Å²) >= 11 is 1.51. The fourth-order valence-corrected chi connectivity index (χ4v) is 4.24. The molecule has 2 fully saturated rings. The molecule has 2 aliphatic heterocycles. The lowest BCUT2D eigenvalue weighted by molar-refractivity contribution is -0.146. The number of likely N-dealkylation sites (tertiary alicyclic amines) is 2. The summed E-state index contributed by atoms with van der Waals surface area (Å²) in [6, 6.07) is 6.61. The van der Waals surface area contributed by atoms with Crippen LogP contribution in [0.15, 0.2) is 24.3 Å². The molecule has 0 bridgehead atoms. The molecule has 1 aromatic carbocycles. The van der Waals surface area contributed by atoms with Gasteiger partial charge in [0.1, 0.15) is 5.82 Å². The van der Waals surface area contributed by atoms with Crippen LogP contribution in [0.3, 0.4) is 0 Å². The summed E-state index contributed by atoms with van der Waals surface area (Å²) in [6.45, 7) is 2.14. The van der Waals surface area contributed by atoms with Crippen molar-refractivity contribution in [1.29, 1.82) is 0 Å². The number of piperidine rings is 1. The molecular weight excluding hydrogens is 327 g/mol. The van der Waals surface area contributed by atoms with Gasteiger partial charge in [-0.1, -0.05) is 18.2 Å². The summed E-state index contributed by atoms with van der Waals surface area (Å²) in [5.41, 5.74) is 0.0913. The van der Waals surface area contributed by atoms with Gasteiger partial charge in [-0.15, -0.1) is 0 Å². The topological polar surface area (TPSA) is 40.6 Å². The second-order valence-corrected chi connectivity index (χ2v) is 7.57. The summed E-state index contributed by atoms with van der Waals surface area (Å²) in [7, 11) is 0. The molecular formula is C18H23FN2O2S. The third-order valence-corrected chi connectivity index (χ3v) is 5.65. The minimum absolute atomic E-state index is 0.0801. The summed E-state index contributed by atoms with van der Waals surface area (Å²) in [6.07, 6.45) is 4.36. The van der Waals surface area contributed by atoms with E-state index < -0.39 is 5.41 Å². The highest BCUT2D eigenvalue weighted by Crippen LogP contribution is 2.40. The third kappa shape index (κ3) is 3.29. The molecule has 2 saturated heterocycles. The molecule has 1 atom stereocenters. The van der Waals surface area contributed by atoms with Crippen molar-refractivity contribution in [2.24, 2.45) is 5.41 Å². The summed E-state index contributed by atoms with van der Waals surface area (Å²) in [5, 5.41) is 0. The van der Waals surface area contributed by atoms with Gasteiger partial charge in [-0.05, 0) is 31.6 Å². The van der Waals surface area contributed by atoms with E-state index in [1.165, 1.54) is 17.8 Å². The van der Waals surface area contributed by atoms with Gasteiger partial charge in [-0.25, -0.2) is 4.39 Å². The first-order valence-corrected chi connectivity index (χ1v) is 9.75. The number of hydrogen-bond acceptors (Lipinski definition) is 3. The van der Waals surface area contributed by atoms with Crippen molar-refractivity contribution in [3.63, 3.8) is 0 Å². The molecule has 1 aromatic rings. The molecule has 0 N–H and O–H groups in total. The highest BCUT2D eigenvalue weighted by molar-refractivity contribution is 7.99. The lowest BCUT2D eigenvalue weighted by atomic mass is 9.78. The first-order chi connectivity index (χ1) is 11.6. The predicted molar refractivity (Wildman–Crippen MR) is 93.1 cm³/mol. The normalized spacial score (nSPS) is 24.0. The highest BCUT2D eigenvalue weighted by Gasteiger charge is 2.49. The number of amides is 2. The van der Waals surface area contributed by atoms with Crippen LogP contribution >= 0.6 is 11.8 Å². The van der Waals surface area contributed by atoms with Gasteiger partial charge < -0.3 is 9.80 Å². The molecule has 24 heavy (non-hydrogen) atoms. The lowest BCUT2D eigenvalue weighted by Crippen LogP contribution is -2.50. The van der Waals surface area contributed by atoms with Crippen LogP contribution in [0.1, 0.15) is 24.8 Å². The van der Waals surface area contributed by atoms with E-state index in [0.29, 0.717) is 37.5 Å². The first kappa shape index (κ1) is 17.3. The molecule has 0 aliphatic carbocycles. The standard InChI is InChI=1S/C18H23FN2O2S/c1-24-12-16(22)21-10-8-18(13-21)7-4-9-20(17(18)23)11-14-5-2-3-6-15(14)19/h2-3,5-6H,4,7-13H2,1H3/t18-/m1/s1. The second-order valence-electron chi connectivity index (χ2n) is 6.70. The lowest BCUT2D eigenvalue weighted by Gasteiger charge is -2.39. The molecule has 130 valence electrons. The summed E-state index contributed by atoms with van der Waals surface area (Å²) < 4.78 is 13.9. The van der Waals surface area contributed by atoms with Crippen molar-refractivity contribution < 1.29 is 14.0 Å². The Morgan fingerprint density at radius 3 is 2.83 bits per heavy atom. The Kier molecular flexibility index (Phi) is 5.13. The largest absolute Gasteiger partial charge is 0.341 e. The van der Waals surface area contributed by atoms with Gasteiger partial charge in [0.15, 0.2) is 0 Å². The Labute approximate surface area is 146 Å². The van der Waals surface area contributed by atoms with Crippen molar-refractivity contribution in [3.8, 4) is 0 Å². The Morgan fingerprint density at radius 1 is 1.29 bits per heavy atom. The van der Waals surface area contributed by atoms with Crippen LogP contribution in [0, 0.1) is 11.2 Å². The van der Waals surface area contributed by atoms with Crippen LogP contribution in [0.25, 0.3) is 0 Å². The van der Waals surface area contributed by atoms with Crippen LogP contribution < -0.4 is 0 Å². The molecule has 0 radical (unpaired) electrons. The minimum atomic E-state index is -0.461. The average Bonchev–Trinajstić information content (AvgIpc) is 3.00. The molecule has 4 nitrogen and oxygen atoms in total. The number of halogens is 1. The van der Waals surface area contributed by atoms with Crippen molar-refractivity contribution in [3.05, 3.63) is 35.6 Å². The van der Waals surface area contributed by atoms with E-state index in [1.54, 1.807) is 23.1 Å². The van der Waals surface area contributed by atoms with Gasteiger partial charge in [-0.2, -0.15) is 11.8 Å². The molecule has 2 aliphatic rings. The zero-order chi connectivity index (χ0) is 17.2. The van der Waals surface area contributed by atoms with E-state index in [0.717, 1.165) is 19.3 Å². The van der Waals surface area contributed by atoms with Crippen LogP contribution in [-0.4, -0.2) is 53.3 Å². The van der Waals surface area contributed by atoms with E-state index in [4.69, 9.17) is 0 Å². The van der Waals surface area contributed by atoms with E-state index in [-0.39, 0.29) is 17.6 Å². The second kappa shape index (κ2) is 7.13. The Morgan fingerprint density at radius 2 is 2.08 bits per heavy atom. The maximum absolute atomic E-state index is 13.9. The number of thioether (sulfide) groups is 1. The predicted octanol–water partition coefficient (Wildman–Crippen LogP) is 2.53. The number of carbonyl (C=O) groups excluding carboxylic acids is 2. The molecule has 1 spiro atoms. The van der Waals surface area contributed by atoms with Crippen molar-refractivity contribution in [2.75, 3.05) is 31.6 Å². The molecule has 0 saturated carbocycles. The number of hydrogen-bond donors (Lipinski definition) is 0. The molecule has 6 heteroatoms. The third-order valence-electron chi connectivity index (χ3n) is 5.12. The van der Waals surface area contributed by atoms with Gasteiger partial charge in [0.25, 0.3) is 0 Å². The van der Waals surface area contributed by atoms with Gasteiger partial charge in [0, 0.05) is 31.7 Å². The number of carbonyl (C=O) groups is 2. The Bertz CT molecular complexity index is 639. The fourth-order valence-electron chi connectivity index (χ4n) is 3.81. The Balaban J connectivity index is 1.71. The highest BCUT2D eigenvalue weighted by atomic mass is 32.2. The quantitative estimate of drug-likeness (QED) is 0.838. The maximum Gasteiger partial charge on any atom is 0.232 e. The molecule has 0 aromatic heterocycles.